The van der Waals surface area contributed by atoms with E-state index in [0.29, 0.717) is 12.0 Å². The van der Waals surface area contributed by atoms with E-state index in [0.717, 1.165) is 24.2 Å². The highest BCUT2D eigenvalue weighted by molar-refractivity contribution is 9.10. The molecular formula is C12H20BrNOS. The maximum Gasteiger partial charge on any atom is 0.0617 e. The molecule has 1 aromatic rings. The average Bonchev–Trinajstić information content (AvgIpc) is 2.61. The van der Waals surface area contributed by atoms with Gasteiger partial charge >= 0.3 is 0 Å². The second-order valence-electron chi connectivity index (χ2n) is 4.44. The van der Waals surface area contributed by atoms with Gasteiger partial charge in [0.2, 0.25) is 0 Å². The Kier molecular flexibility index (Phi) is 6.58. The fraction of sp³-hybridized carbons (Fsp3) is 0.667. The van der Waals surface area contributed by atoms with Gasteiger partial charge in [-0.15, -0.1) is 11.3 Å². The standard InChI is InChI=1S/C12H20BrNOS/c1-9(2)6-15-7-10(3)14-5-12-4-11(13)8-16-12/h4,8-10,14H,5-7H2,1-3H3. The number of hydrogen-bond acceptors (Lipinski definition) is 3. The Labute approximate surface area is 111 Å². The molecule has 1 N–H and O–H groups in total. The highest BCUT2D eigenvalue weighted by Gasteiger charge is 2.04. The van der Waals surface area contributed by atoms with E-state index in [1.807, 2.05) is 0 Å². The molecule has 1 aromatic heterocycles. The zero-order valence-electron chi connectivity index (χ0n) is 10.1. The average molecular weight is 306 g/mol. The molecule has 0 saturated heterocycles. The van der Waals surface area contributed by atoms with Crippen LogP contribution in [-0.2, 0) is 11.3 Å². The minimum Gasteiger partial charge on any atom is -0.380 e. The first-order valence-electron chi connectivity index (χ1n) is 5.62. The van der Waals surface area contributed by atoms with Gasteiger partial charge in [0, 0.05) is 33.9 Å². The van der Waals surface area contributed by atoms with Crippen LogP contribution in [0.4, 0.5) is 0 Å². The van der Waals surface area contributed by atoms with Gasteiger partial charge in [-0.05, 0) is 34.8 Å². The number of hydrogen-bond donors (Lipinski definition) is 1. The van der Waals surface area contributed by atoms with E-state index in [2.05, 4.69) is 53.5 Å². The lowest BCUT2D eigenvalue weighted by Crippen LogP contribution is -2.30. The third-order valence-corrected chi connectivity index (χ3v) is 3.76. The molecule has 0 saturated carbocycles. The van der Waals surface area contributed by atoms with Crippen molar-refractivity contribution in [2.45, 2.75) is 33.4 Å². The molecule has 0 radical (unpaired) electrons. The van der Waals surface area contributed by atoms with Gasteiger partial charge < -0.3 is 10.1 Å². The summed E-state index contributed by atoms with van der Waals surface area (Å²) in [5, 5.41) is 5.56. The summed E-state index contributed by atoms with van der Waals surface area (Å²) in [4.78, 5) is 1.35. The quantitative estimate of drug-likeness (QED) is 0.830. The molecule has 0 aliphatic carbocycles. The summed E-state index contributed by atoms with van der Waals surface area (Å²) in [5.41, 5.74) is 0. The highest BCUT2D eigenvalue weighted by atomic mass is 79.9. The summed E-state index contributed by atoms with van der Waals surface area (Å²) in [7, 11) is 0. The normalized spacial score (nSPS) is 13.3. The van der Waals surface area contributed by atoms with E-state index < -0.39 is 0 Å². The smallest absolute Gasteiger partial charge is 0.0617 e. The fourth-order valence-electron chi connectivity index (χ4n) is 1.26. The van der Waals surface area contributed by atoms with Gasteiger partial charge in [0.1, 0.15) is 0 Å². The molecule has 0 spiro atoms. The van der Waals surface area contributed by atoms with Gasteiger partial charge in [-0.1, -0.05) is 13.8 Å². The lowest BCUT2D eigenvalue weighted by molar-refractivity contribution is 0.0936. The Bertz CT molecular complexity index is 301. The zero-order chi connectivity index (χ0) is 12.0. The van der Waals surface area contributed by atoms with Gasteiger partial charge in [0.25, 0.3) is 0 Å². The molecule has 0 aromatic carbocycles. The summed E-state index contributed by atoms with van der Waals surface area (Å²) in [5.74, 6) is 0.612. The van der Waals surface area contributed by atoms with Gasteiger partial charge in [0.05, 0.1) is 6.61 Å². The van der Waals surface area contributed by atoms with E-state index in [9.17, 15) is 0 Å². The van der Waals surface area contributed by atoms with Crippen molar-refractivity contribution >= 4 is 27.3 Å². The van der Waals surface area contributed by atoms with E-state index >= 15 is 0 Å². The summed E-state index contributed by atoms with van der Waals surface area (Å²) in [6.45, 7) is 9.04. The third-order valence-electron chi connectivity index (χ3n) is 2.07. The molecular weight excluding hydrogens is 286 g/mol. The van der Waals surface area contributed by atoms with Gasteiger partial charge in [-0.3, -0.25) is 0 Å². The van der Waals surface area contributed by atoms with Crippen molar-refractivity contribution in [2.24, 2.45) is 5.92 Å². The van der Waals surface area contributed by atoms with Crippen LogP contribution in [0.5, 0.6) is 0 Å². The summed E-state index contributed by atoms with van der Waals surface area (Å²) >= 11 is 5.23. The number of ether oxygens (including phenoxy) is 1. The van der Waals surface area contributed by atoms with Crippen LogP contribution < -0.4 is 5.32 Å². The van der Waals surface area contributed by atoms with Crippen LogP contribution in [0.1, 0.15) is 25.6 Å². The summed E-state index contributed by atoms with van der Waals surface area (Å²) in [6.07, 6.45) is 0. The van der Waals surface area contributed by atoms with Crippen molar-refractivity contribution in [3.8, 4) is 0 Å². The van der Waals surface area contributed by atoms with Crippen LogP contribution in [0.2, 0.25) is 0 Å². The van der Waals surface area contributed by atoms with Crippen LogP contribution in [0, 0.1) is 5.92 Å². The van der Waals surface area contributed by atoms with Crippen molar-refractivity contribution in [2.75, 3.05) is 13.2 Å². The Morgan fingerprint density at radius 2 is 2.12 bits per heavy atom. The lowest BCUT2D eigenvalue weighted by atomic mass is 10.2. The van der Waals surface area contributed by atoms with Crippen molar-refractivity contribution in [3.63, 3.8) is 0 Å². The predicted octanol–water partition coefficient (Wildman–Crippen LogP) is 3.66. The Hall–Kier alpha value is 0.1000. The largest absolute Gasteiger partial charge is 0.380 e. The molecule has 1 heterocycles. The van der Waals surface area contributed by atoms with E-state index in [4.69, 9.17) is 4.74 Å². The molecule has 0 fully saturated rings. The molecule has 1 rings (SSSR count). The maximum atomic E-state index is 5.58. The Morgan fingerprint density at radius 3 is 2.69 bits per heavy atom. The number of rotatable bonds is 7. The summed E-state index contributed by atoms with van der Waals surface area (Å²) < 4.78 is 6.75. The van der Waals surface area contributed by atoms with Crippen LogP contribution in [0.3, 0.4) is 0 Å². The van der Waals surface area contributed by atoms with E-state index in [1.165, 1.54) is 4.88 Å². The first-order valence-corrected chi connectivity index (χ1v) is 7.29. The number of halogens is 1. The van der Waals surface area contributed by atoms with Crippen LogP contribution in [0.25, 0.3) is 0 Å². The molecule has 0 bridgehead atoms. The molecule has 0 aliphatic rings. The molecule has 0 aliphatic heterocycles. The minimum absolute atomic E-state index is 0.402. The molecule has 0 amide bonds. The van der Waals surface area contributed by atoms with Crippen LogP contribution in [-0.4, -0.2) is 19.3 Å². The van der Waals surface area contributed by atoms with Crippen molar-refractivity contribution < 1.29 is 4.74 Å². The topological polar surface area (TPSA) is 21.3 Å². The van der Waals surface area contributed by atoms with Crippen LogP contribution >= 0.6 is 27.3 Å². The lowest BCUT2D eigenvalue weighted by Gasteiger charge is -2.14. The molecule has 1 unspecified atom stereocenters. The Balaban J connectivity index is 2.12. The molecule has 1 atom stereocenters. The summed E-state index contributed by atoms with van der Waals surface area (Å²) in [6, 6.07) is 2.55. The fourth-order valence-corrected chi connectivity index (χ4v) is 2.66. The first-order chi connectivity index (χ1) is 7.58. The monoisotopic (exact) mass is 305 g/mol. The van der Waals surface area contributed by atoms with Gasteiger partial charge in [-0.2, -0.15) is 0 Å². The first kappa shape index (κ1) is 14.2. The SMILES string of the molecule is CC(C)COCC(C)NCc1cc(Br)cs1. The second kappa shape index (κ2) is 7.43. The van der Waals surface area contributed by atoms with E-state index in [1.54, 1.807) is 11.3 Å². The van der Waals surface area contributed by atoms with Gasteiger partial charge in [-0.25, -0.2) is 0 Å². The minimum atomic E-state index is 0.402. The molecule has 4 heteroatoms. The van der Waals surface area contributed by atoms with Gasteiger partial charge in [0.15, 0.2) is 0 Å². The number of nitrogens with one attached hydrogen (secondary N) is 1. The van der Waals surface area contributed by atoms with Crippen molar-refractivity contribution in [3.05, 3.63) is 20.8 Å². The second-order valence-corrected chi connectivity index (χ2v) is 6.36. The van der Waals surface area contributed by atoms with Crippen LogP contribution in [0.15, 0.2) is 15.9 Å². The predicted molar refractivity (Wildman–Crippen MR) is 74.0 cm³/mol. The third kappa shape index (κ3) is 5.99. The molecule has 16 heavy (non-hydrogen) atoms. The maximum absolute atomic E-state index is 5.58. The van der Waals surface area contributed by atoms with Crippen molar-refractivity contribution in [1.82, 2.24) is 5.32 Å². The molecule has 92 valence electrons. The number of thiophene rings is 1. The van der Waals surface area contributed by atoms with E-state index in [-0.39, 0.29) is 0 Å². The molecule has 2 nitrogen and oxygen atoms in total. The van der Waals surface area contributed by atoms with Crippen molar-refractivity contribution in [1.29, 1.82) is 0 Å². The Morgan fingerprint density at radius 1 is 1.38 bits per heavy atom. The zero-order valence-corrected chi connectivity index (χ0v) is 12.5. The highest BCUT2D eigenvalue weighted by Crippen LogP contribution is 2.19.